The number of hydrogen-bond acceptors (Lipinski definition) is 0. The zero-order chi connectivity index (χ0) is 8.93. The van der Waals surface area contributed by atoms with Gasteiger partial charge in [0.1, 0.15) is 0 Å². The summed E-state index contributed by atoms with van der Waals surface area (Å²) in [6.45, 7) is 9.26. The van der Waals surface area contributed by atoms with E-state index in [0.29, 0.717) is 5.41 Å². The van der Waals surface area contributed by atoms with Gasteiger partial charge in [0, 0.05) is 0 Å². The van der Waals surface area contributed by atoms with Gasteiger partial charge >= 0.3 is 0 Å². The average Bonchev–Trinajstić information content (AvgIpc) is 2.02. The van der Waals surface area contributed by atoms with Crippen LogP contribution in [-0.4, -0.2) is 0 Å². The molecule has 0 amide bonds. The van der Waals surface area contributed by atoms with Gasteiger partial charge in [-0.15, -0.1) is 0 Å². The fourth-order valence-electron chi connectivity index (χ4n) is 3.01. The number of allylic oxidation sites excluding steroid dienone is 4. The smallest absolute Gasteiger partial charge is 0.0102 e. The minimum atomic E-state index is 0.542. The predicted molar refractivity (Wildman–Crippen MR) is 52.9 cm³/mol. The topological polar surface area (TPSA) is 0 Å². The normalized spacial score (nSPS) is 40.7. The van der Waals surface area contributed by atoms with Gasteiger partial charge in [0.05, 0.1) is 0 Å². The zero-order valence-corrected chi connectivity index (χ0v) is 8.52. The molecule has 0 saturated heterocycles. The van der Waals surface area contributed by atoms with Crippen molar-refractivity contribution < 1.29 is 0 Å². The van der Waals surface area contributed by atoms with Crippen molar-refractivity contribution >= 4 is 0 Å². The maximum atomic E-state index is 2.41. The lowest BCUT2D eigenvalue weighted by molar-refractivity contribution is 0.0237. The van der Waals surface area contributed by atoms with Gasteiger partial charge in [-0.05, 0) is 43.1 Å². The fraction of sp³-hybridized carbons (Fsp3) is 0.667. The summed E-state index contributed by atoms with van der Waals surface area (Å²) >= 11 is 0. The van der Waals surface area contributed by atoms with E-state index >= 15 is 0 Å². The van der Waals surface area contributed by atoms with Crippen molar-refractivity contribution in [2.24, 2.45) is 17.3 Å². The largest absolute Gasteiger partial charge is 0.0841 e. The lowest BCUT2D eigenvalue weighted by atomic mass is 9.48. The van der Waals surface area contributed by atoms with Crippen LogP contribution in [0.4, 0.5) is 0 Å². The third kappa shape index (κ3) is 0.784. The lowest BCUT2D eigenvalue weighted by Crippen LogP contribution is -2.48. The van der Waals surface area contributed by atoms with Crippen molar-refractivity contribution in [2.45, 2.75) is 34.1 Å². The monoisotopic (exact) mass is 162 g/mol. The molecule has 0 aromatic heterocycles. The average molecular weight is 162 g/mol. The van der Waals surface area contributed by atoms with Crippen LogP contribution in [0.5, 0.6) is 0 Å². The molecule has 0 radical (unpaired) electrons. The van der Waals surface area contributed by atoms with Crippen LogP contribution < -0.4 is 0 Å². The van der Waals surface area contributed by atoms with E-state index in [1.165, 1.54) is 6.42 Å². The molecule has 3 aliphatic rings. The van der Waals surface area contributed by atoms with E-state index in [0.717, 1.165) is 11.8 Å². The Bertz CT molecular complexity index is 266. The molecule has 0 aromatic carbocycles. The Morgan fingerprint density at radius 3 is 2.50 bits per heavy atom. The molecule has 3 aliphatic carbocycles. The van der Waals surface area contributed by atoms with Crippen molar-refractivity contribution in [3.8, 4) is 0 Å². The Morgan fingerprint density at radius 1 is 1.42 bits per heavy atom. The molecule has 66 valence electrons. The minimum absolute atomic E-state index is 0.542. The molecule has 0 nitrogen and oxygen atoms in total. The Hall–Kier alpha value is -0.520. The van der Waals surface area contributed by atoms with Crippen molar-refractivity contribution in [3.05, 3.63) is 23.3 Å². The summed E-state index contributed by atoms with van der Waals surface area (Å²) in [5.41, 5.74) is 3.70. The first-order valence-corrected chi connectivity index (χ1v) is 4.91. The molecule has 3 rings (SSSR count). The van der Waals surface area contributed by atoms with E-state index in [4.69, 9.17) is 0 Å². The quantitative estimate of drug-likeness (QED) is 0.511. The molecule has 0 spiro atoms. The second-order valence-corrected chi connectivity index (χ2v) is 4.84. The summed E-state index contributed by atoms with van der Waals surface area (Å²) in [6, 6.07) is 0. The summed E-state index contributed by atoms with van der Waals surface area (Å²) < 4.78 is 0. The van der Waals surface area contributed by atoms with Crippen LogP contribution in [0.15, 0.2) is 23.3 Å². The first kappa shape index (κ1) is 8.10. The zero-order valence-electron chi connectivity index (χ0n) is 8.52. The first-order chi connectivity index (χ1) is 5.57. The fourth-order valence-corrected chi connectivity index (χ4v) is 3.01. The third-order valence-electron chi connectivity index (χ3n) is 3.95. The highest BCUT2D eigenvalue weighted by Gasteiger charge is 2.51. The van der Waals surface area contributed by atoms with Crippen LogP contribution in [0.1, 0.15) is 34.1 Å². The van der Waals surface area contributed by atoms with Gasteiger partial charge in [0.15, 0.2) is 0 Å². The van der Waals surface area contributed by atoms with Crippen molar-refractivity contribution in [1.29, 1.82) is 0 Å². The van der Waals surface area contributed by atoms with Crippen molar-refractivity contribution in [2.75, 3.05) is 0 Å². The first-order valence-electron chi connectivity index (χ1n) is 4.91. The molecular formula is C12H18. The minimum Gasteiger partial charge on any atom is -0.0841 e. The molecule has 0 N–H and O–H groups in total. The molecule has 0 heteroatoms. The molecule has 1 saturated carbocycles. The van der Waals surface area contributed by atoms with Crippen LogP contribution in [0, 0.1) is 17.3 Å². The molecule has 0 heterocycles. The van der Waals surface area contributed by atoms with E-state index in [-0.39, 0.29) is 0 Å². The van der Waals surface area contributed by atoms with Crippen LogP contribution in [0.3, 0.4) is 0 Å². The molecular weight excluding hydrogens is 144 g/mol. The Balaban J connectivity index is 2.42. The summed E-state index contributed by atoms with van der Waals surface area (Å²) in [5, 5.41) is 0. The van der Waals surface area contributed by atoms with Gasteiger partial charge in [0.25, 0.3) is 0 Å². The van der Waals surface area contributed by atoms with Crippen LogP contribution in [-0.2, 0) is 0 Å². The van der Waals surface area contributed by atoms with E-state index < -0.39 is 0 Å². The molecule has 0 aromatic rings. The third-order valence-corrected chi connectivity index (χ3v) is 3.95. The highest BCUT2D eigenvalue weighted by molar-refractivity contribution is 5.39. The summed E-state index contributed by atoms with van der Waals surface area (Å²) in [4.78, 5) is 0. The summed E-state index contributed by atoms with van der Waals surface area (Å²) in [5.74, 6) is 1.71. The maximum Gasteiger partial charge on any atom is -0.0102 e. The molecule has 2 bridgehead atoms. The van der Waals surface area contributed by atoms with E-state index in [1.54, 1.807) is 11.1 Å². The van der Waals surface area contributed by atoms with Crippen LogP contribution in [0.2, 0.25) is 0 Å². The van der Waals surface area contributed by atoms with Gasteiger partial charge in [-0.1, -0.05) is 31.6 Å². The van der Waals surface area contributed by atoms with Crippen LogP contribution >= 0.6 is 0 Å². The molecule has 0 unspecified atom stereocenters. The van der Waals surface area contributed by atoms with Gasteiger partial charge in [-0.3, -0.25) is 0 Å². The van der Waals surface area contributed by atoms with Gasteiger partial charge in [0.2, 0.25) is 0 Å². The second kappa shape index (κ2) is 2.25. The molecule has 1 fully saturated rings. The maximum absolute atomic E-state index is 2.41. The highest BCUT2D eigenvalue weighted by atomic mass is 14.6. The Morgan fingerprint density at radius 2 is 2.08 bits per heavy atom. The number of rotatable bonds is 0. The SMILES string of the molecule is C/C=C1\C=C(C)[C@H]2C[C@@H]1C2(C)C. The van der Waals surface area contributed by atoms with E-state index in [9.17, 15) is 0 Å². The molecule has 12 heavy (non-hydrogen) atoms. The van der Waals surface area contributed by atoms with Gasteiger partial charge in [-0.25, -0.2) is 0 Å². The number of hydrogen-bond donors (Lipinski definition) is 0. The lowest BCUT2D eigenvalue weighted by Gasteiger charge is -2.57. The highest BCUT2D eigenvalue weighted by Crippen LogP contribution is 2.60. The van der Waals surface area contributed by atoms with E-state index in [2.05, 4.69) is 39.8 Å². The predicted octanol–water partition coefficient (Wildman–Crippen LogP) is 3.55. The van der Waals surface area contributed by atoms with Gasteiger partial charge < -0.3 is 0 Å². The van der Waals surface area contributed by atoms with Crippen molar-refractivity contribution in [1.82, 2.24) is 0 Å². The van der Waals surface area contributed by atoms with Crippen LogP contribution in [0.25, 0.3) is 0 Å². The molecule has 0 aliphatic heterocycles. The standard InChI is InChI=1S/C12H18/c1-5-9-6-8(2)10-7-11(9)12(10,3)4/h5-6,10-11H,7H2,1-4H3/b9-5+/t10-,11+/m1/s1. The Kier molecular flexibility index (Phi) is 1.51. The van der Waals surface area contributed by atoms with Gasteiger partial charge in [-0.2, -0.15) is 0 Å². The number of fused-ring (bicyclic) bond motifs is 1. The summed E-state index contributed by atoms with van der Waals surface area (Å²) in [6.07, 6.45) is 6.07. The molecule has 2 atom stereocenters. The van der Waals surface area contributed by atoms with Crippen molar-refractivity contribution in [3.63, 3.8) is 0 Å². The van der Waals surface area contributed by atoms with E-state index in [1.807, 2.05) is 0 Å². The second-order valence-electron chi connectivity index (χ2n) is 4.84. The Labute approximate surface area is 75.4 Å². The summed E-state index contributed by atoms with van der Waals surface area (Å²) in [7, 11) is 0.